The maximum atomic E-state index is 12.1. The zero-order valence-electron chi connectivity index (χ0n) is 11.9. The van der Waals surface area contributed by atoms with Crippen LogP contribution in [0.5, 0.6) is 0 Å². The average Bonchev–Trinajstić information content (AvgIpc) is 2.33. The predicted octanol–water partition coefficient (Wildman–Crippen LogP) is 3.59. The van der Waals surface area contributed by atoms with E-state index in [9.17, 15) is 4.79 Å². The standard InChI is InChI=1S/C15H20N2OS/c1-10-8-11(2)14(12(3)9-10)17-15(18)13(4)19-7-5-6-16/h8-9,13H,5,7H2,1-4H3,(H,17,18). The van der Waals surface area contributed by atoms with Gasteiger partial charge in [-0.25, -0.2) is 0 Å². The van der Waals surface area contributed by atoms with E-state index in [2.05, 4.69) is 23.5 Å². The van der Waals surface area contributed by atoms with E-state index in [-0.39, 0.29) is 11.2 Å². The zero-order valence-corrected chi connectivity index (χ0v) is 12.7. The zero-order chi connectivity index (χ0) is 14.4. The van der Waals surface area contributed by atoms with Crippen molar-refractivity contribution in [3.05, 3.63) is 28.8 Å². The number of hydrogen-bond donors (Lipinski definition) is 1. The molecule has 19 heavy (non-hydrogen) atoms. The van der Waals surface area contributed by atoms with Gasteiger partial charge in [-0.2, -0.15) is 5.26 Å². The van der Waals surface area contributed by atoms with Gasteiger partial charge in [0.2, 0.25) is 5.91 Å². The van der Waals surface area contributed by atoms with Crippen LogP contribution in [0.15, 0.2) is 12.1 Å². The van der Waals surface area contributed by atoms with Crippen molar-refractivity contribution in [3.63, 3.8) is 0 Å². The van der Waals surface area contributed by atoms with Crippen molar-refractivity contribution < 1.29 is 4.79 Å². The number of benzene rings is 1. The highest BCUT2D eigenvalue weighted by Gasteiger charge is 2.15. The third-order valence-electron chi connectivity index (χ3n) is 2.88. The molecule has 0 spiro atoms. The van der Waals surface area contributed by atoms with Gasteiger partial charge in [0.25, 0.3) is 0 Å². The molecule has 102 valence electrons. The summed E-state index contributed by atoms with van der Waals surface area (Å²) >= 11 is 1.51. The molecule has 0 aliphatic heterocycles. The van der Waals surface area contributed by atoms with Crippen molar-refractivity contribution in [1.82, 2.24) is 0 Å². The molecule has 1 amide bonds. The number of nitrogens with zero attached hydrogens (tertiary/aromatic N) is 1. The number of nitriles is 1. The van der Waals surface area contributed by atoms with Gasteiger partial charge in [0.1, 0.15) is 0 Å². The summed E-state index contributed by atoms with van der Waals surface area (Å²) in [6, 6.07) is 6.21. The Morgan fingerprint density at radius 2 is 1.95 bits per heavy atom. The average molecular weight is 276 g/mol. The summed E-state index contributed by atoms with van der Waals surface area (Å²) in [5.74, 6) is 0.690. The summed E-state index contributed by atoms with van der Waals surface area (Å²) in [6.45, 7) is 7.93. The number of thioether (sulfide) groups is 1. The minimum atomic E-state index is -0.145. The van der Waals surface area contributed by atoms with Crippen molar-refractivity contribution in [2.45, 2.75) is 39.4 Å². The number of rotatable bonds is 5. The van der Waals surface area contributed by atoms with Crippen molar-refractivity contribution in [1.29, 1.82) is 5.26 Å². The molecular formula is C15H20N2OS. The molecule has 1 aromatic rings. The molecule has 0 bridgehead atoms. The molecular weight excluding hydrogens is 256 g/mol. The SMILES string of the molecule is Cc1cc(C)c(NC(=O)C(C)SCCC#N)c(C)c1. The van der Waals surface area contributed by atoms with E-state index in [0.29, 0.717) is 12.2 Å². The van der Waals surface area contributed by atoms with Gasteiger partial charge in [0, 0.05) is 17.9 Å². The lowest BCUT2D eigenvalue weighted by atomic mass is 10.1. The molecule has 1 atom stereocenters. The molecule has 0 aliphatic rings. The number of carbonyl (C=O) groups excluding carboxylic acids is 1. The van der Waals surface area contributed by atoms with Gasteiger partial charge >= 0.3 is 0 Å². The molecule has 0 aliphatic carbocycles. The first-order valence-electron chi connectivity index (χ1n) is 6.33. The third-order valence-corrected chi connectivity index (χ3v) is 4.03. The van der Waals surface area contributed by atoms with Crippen LogP contribution in [-0.4, -0.2) is 16.9 Å². The van der Waals surface area contributed by atoms with Crippen LogP contribution < -0.4 is 5.32 Å². The van der Waals surface area contributed by atoms with E-state index in [1.54, 1.807) is 0 Å². The molecule has 1 aromatic carbocycles. The number of amides is 1. The lowest BCUT2D eigenvalue weighted by Gasteiger charge is -2.15. The van der Waals surface area contributed by atoms with E-state index in [4.69, 9.17) is 5.26 Å². The summed E-state index contributed by atoms with van der Waals surface area (Å²) in [5, 5.41) is 11.3. The highest BCUT2D eigenvalue weighted by Crippen LogP contribution is 2.23. The highest BCUT2D eigenvalue weighted by atomic mass is 32.2. The summed E-state index contributed by atoms with van der Waals surface area (Å²) < 4.78 is 0. The third kappa shape index (κ3) is 4.60. The summed E-state index contributed by atoms with van der Waals surface area (Å²) in [5.41, 5.74) is 4.27. The van der Waals surface area contributed by atoms with Crippen LogP contribution in [0.3, 0.4) is 0 Å². The molecule has 0 aromatic heterocycles. The first kappa shape index (κ1) is 15.6. The van der Waals surface area contributed by atoms with Crippen LogP contribution in [0, 0.1) is 32.1 Å². The van der Waals surface area contributed by atoms with Crippen molar-refractivity contribution in [2.24, 2.45) is 0 Å². The van der Waals surface area contributed by atoms with Gasteiger partial charge in [-0.3, -0.25) is 4.79 Å². The molecule has 1 rings (SSSR count). The molecule has 1 N–H and O–H groups in total. The van der Waals surface area contributed by atoms with E-state index in [0.717, 1.165) is 16.8 Å². The Hall–Kier alpha value is -1.47. The Morgan fingerprint density at radius 1 is 1.37 bits per heavy atom. The number of carbonyl (C=O) groups is 1. The largest absolute Gasteiger partial charge is 0.325 e. The minimum absolute atomic E-state index is 0.00186. The maximum absolute atomic E-state index is 12.1. The number of anilines is 1. The van der Waals surface area contributed by atoms with Gasteiger partial charge in [-0.05, 0) is 38.8 Å². The monoisotopic (exact) mass is 276 g/mol. The molecule has 4 heteroatoms. The van der Waals surface area contributed by atoms with Crippen LogP contribution >= 0.6 is 11.8 Å². The first-order valence-corrected chi connectivity index (χ1v) is 7.38. The second-order valence-corrected chi connectivity index (χ2v) is 6.13. The van der Waals surface area contributed by atoms with E-state index in [1.165, 1.54) is 17.3 Å². The van der Waals surface area contributed by atoms with Crippen LogP contribution in [0.4, 0.5) is 5.69 Å². The van der Waals surface area contributed by atoms with E-state index < -0.39 is 0 Å². The van der Waals surface area contributed by atoms with Gasteiger partial charge < -0.3 is 5.32 Å². The Labute approximate surface area is 119 Å². The molecule has 0 saturated carbocycles. The lowest BCUT2D eigenvalue weighted by Crippen LogP contribution is -2.23. The van der Waals surface area contributed by atoms with E-state index in [1.807, 2.05) is 27.7 Å². The molecule has 0 heterocycles. The maximum Gasteiger partial charge on any atom is 0.237 e. The second-order valence-electron chi connectivity index (χ2n) is 4.68. The summed E-state index contributed by atoms with van der Waals surface area (Å²) in [4.78, 5) is 12.1. The van der Waals surface area contributed by atoms with Gasteiger partial charge in [-0.15, -0.1) is 11.8 Å². The molecule has 0 saturated heterocycles. The smallest absolute Gasteiger partial charge is 0.237 e. The molecule has 3 nitrogen and oxygen atoms in total. The fourth-order valence-corrected chi connectivity index (χ4v) is 2.73. The van der Waals surface area contributed by atoms with Gasteiger partial charge in [-0.1, -0.05) is 17.7 Å². The number of aryl methyl sites for hydroxylation is 3. The van der Waals surface area contributed by atoms with Crippen molar-refractivity contribution >= 4 is 23.4 Å². The predicted molar refractivity (Wildman–Crippen MR) is 81.4 cm³/mol. The Balaban J connectivity index is 2.69. The Morgan fingerprint density at radius 3 is 2.47 bits per heavy atom. The topological polar surface area (TPSA) is 52.9 Å². The number of nitrogens with one attached hydrogen (secondary N) is 1. The molecule has 0 fully saturated rings. The molecule has 1 unspecified atom stereocenters. The van der Waals surface area contributed by atoms with Crippen molar-refractivity contribution in [2.75, 3.05) is 11.1 Å². The van der Waals surface area contributed by atoms with Gasteiger partial charge in [0.05, 0.1) is 11.3 Å². The first-order chi connectivity index (χ1) is 8.95. The quantitative estimate of drug-likeness (QED) is 0.836. The lowest BCUT2D eigenvalue weighted by molar-refractivity contribution is -0.115. The van der Waals surface area contributed by atoms with Crippen LogP contribution in [-0.2, 0) is 4.79 Å². The van der Waals surface area contributed by atoms with Crippen LogP contribution in [0.1, 0.15) is 30.0 Å². The van der Waals surface area contributed by atoms with Crippen molar-refractivity contribution in [3.8, 4) is 6.07 Å². The summed E-state index contributed by atoms with van der Waals surface area (Å²) in [7, 11) is 0. The fraction of sp³-hybridized carbons (Fsp3) is 0.467. The highest BCUT2D eigenvalue weighted by molar-refractivity contribution is 8.00. The normalized spacial score (nSPS) is 11.7. The number of hydrogen-bond acceptors (Lipinski definition) is 3. The van der Waals surface area contributed by atoms with Crippen LogP contribution in [0.25, 0.3) is 0 Å². The fourth-order valence-electron chi connectivity index (χ4n) is 1.96. The second kappa shape index (κ2) is 7.20. The van der Waals surface area contributed by atoms with Gasteiger partial charge in [0.15, 0.2) is 0 Å². The minimum Gasteiger partial charge on any atom is -0.325 e. The Kier molecular flexibility index (Phi) is 5.91. The molecule has 0 radical (unpaired) electrons. The van der Waals surface area contributed by atoms with Crippen LogP contribution in [0.2, 0.25) is 0 Å². The summed E-state index contributed by atoms with van der Waals surface area (Å²) in [6.07, 6.45) is 0.477. The Bertz CT molecular complexity index is 482. The van der Waals surface area contributed by atoms with E-state index >= 15 is 0 Å².